The molecule has 1 rings (SSSR count). The zero-order valence-electron chi connectivity index (χ0n) is 9.88. The number of phenols is 1. The van der Waals surface area contributed by atoms with Gasteiger partial charge in [-0.05, 0) is 36.1 Å². The highest BCUT2D eigenvalue weighted by atomic mass is 79.9. The molecule has 1 aromatic carbocycles. The molecular formula is C12H18BrNO2. The Labute approximate surface area is 105 Å². The van der Waals surface area contributed by atoms with Crippen LogP contribution in [0.3, 0.4) is 0 Å². The van der Waals surface area contributed by atoms with Crippen molar-refractivity contribution in [2.45, 2.75) is 20.3 Å². The molecule has 0 bridgehead atoms. The van der Waals surface area contributed by atoms with Gasteiger partial charge in [-0.15, -0.1) is 0 Å². The first kappa shape index (κ1) is 13.3. The van der Waals surface area contributed by atoms with Gasteiger partial charge in [0.25, 0.3) is 0 Å². The number of benzene rings is 1. The zero-order chi connectivity index (χ0) is 12.3. The molecule has 0 aliphatic carbocycles. The SMILES string of the molecule is COc1cc(CC(C)(C)CN)c(Br)cc1O. The molecule has 0 spiro atoms. The van der Waals surface area contributed by atoms with Crippen LogP contribution in [-0.2, 0) is 6.42 Å². The molecule has 16 heavy (non-hydrogen) atoms. The highest BCUT2D eigenvalue weighted by molar-refractivity contribution is 9.10. The molecule has 0 amide bonds. The summed E-state index contributed by atoms with van der Waals surface area (Å²) in [4.78, 5) is 0. The van der Waals surface area contributed by atoms with Gasteiger partial charge in [0.2, 0.25) is 0 Å². The van der Waals surface area contributed by atoms with Crippen LogP contribution in [0, 0.1) is 5.41 Å². The van der Waals surface area contributed by atoms with Crippen LogP contribution in [0.4, 0.5) is 0 Å². The third-order valence-electron chi connectivity index (χ3n) is 2.57. The van der Waals surface area contributed by atoms with Gasteiger partial charge in [-0.2, -0.15) is 0 Å². The molecule has 0 saturated carbocycles. The second-order valence-corrected chi connectivity index (χ2v) is 5.51. The summed E-state index contributed by atoms with van der Waals surface area (Å²) in [6.45, 7) is 4.83. The van der Waals surface area contributed by atoms with Crippen molar-refractivity contribution in [3.05, 3.63) is 22.2 Å². The Kier molecular flexibility index (Phi) is 4.21. The summed E-state index contributed by atoms with van der Waals surface area (Å²) in [5, 5.41) is 9.59. The molecular weight excluding hydrogens is 270 g/mol. The molecule has 0 aliphatic rings. The van der Waals surface area contributed by atoms with Gasteiger partial charge in [0.1, 0.15) is 0 Å². The van der Waals surface area contributed by atoms with Gasteiger partial charge in [-0.1, -0.05) is 29.8 Å². The standard InChI is InChI=1S/C12H18BrNO2/c1-12(2,7-14)6-8-4-11(16-3)10(15)5-9(8)13/h4-5,15H,6-7,14H2,1-3H3. The average molecular weight is 288 g/mol. The Morgan fingerprint density at radius 3 is 2.56 bits per heavy atom. The van der Waals surface area contributed by atoms with Gasteiger partial charge in [-0.25, -0.2) is 0 Å². The lowest BCUT2D eigenvalue weighted by atomic mass is 9.86. The van der Waals surface area contributed by atoms with Crippen molar-refractivity contribution >= 4 is 15.9 Å². The first-order chi connectivity index (χ1) is 7.39. The third-order valence-corrected chi connectivity index (χ3v) is 3.31. The number of halogens is 1. The molecule has 0 aliphatic heterocycles. The number of aromatic hydroxyl groups is 1. The maximum atomic E-state index is 9.59. The zero-order valence-corrected chi connectivity index (χ0v) is 11.5. The Hall–Kier alpha value is -0.740. The molecule has 3 N–H and O–H groups in total. The smallest absolute Gasteiger partial charge is 0.160 e. The minimum atomic E-state index is 0.0322. The fourth-order valence-electron chi connectivity index (χ4n) is 1.47. The number of hydrogen-bond donors (Lipinski definition) is 2. The molecule has 4 heteroatoms. The van der Waals surface area contributed by atoms with Crippen molar-refractivity contribution in [3.8, 4) is 11.5 Å². The molecule has 1 aromatic rings. The summed E-state index contributed by atoms with van der Waals surface area (Å²) in [6.07, 6.45) is 0.834. The van der Waals surface area contributed by atoms with E-state index in [1.165, 1.54) is 0 Å². The highest BCUT2D eigenvalue weighted by Gasteiger charge is 2.19. The van der Waals surface area contributed by atoms with E-state index in [-0.39, 0.29) is 11.2 Å². The van der Waals surface area contributed by atoms with Crippen LogP contribution in [0.25, 0.3) is 0 Å². The van der Waals surface area contributed by atoms with Crippen molar-refractivity contribution in [1.82, 2.24) is 0 Å². The molecule has 0 heterocycles. The van der Waals surface area contributed by atoms with Gasteiger partial charge in [0, 0.05) is 4.47 Å². The van der Waals surface area contributed by atoms with Crippen LogP contribution in [0.5, 0.6) is 11.5 Å². The summed E-state index contributed by atoms with van der Waals surface area (Å²) < 4.78 is 5.97. The largest absolute Gasteiger partial charge is 0.504 e. The molecule has 0 saturated heterocycles. The summed E-state index contributed by atoms with van der Waals surface area (Å²) in [5.41, 5.74) is 6.83. The molecule has 0 unspecified atom stereocenters. The second-order valence-electron chi connectivity index (χ2n) is 4.66. The molecule has 90 valence electrons. The highest BCUT2D eigenvalue weighted by Crippen LogP contribution is 2.35. The maximum Gasteiger partial charge on any atom is 0.160 e. The Morgan fingerprint density at radius 1 is 1.44 bits per heavy atom. The van der Waals surface area contributed by atoms with Gasteiger partial charge in [0.15, 0.2) is 11.5 Å². The first-order valence-corrected chi connectivity index (χ1v) is 5.94. The summed E-state index contributed by atoms with van der Waals surface area (Å²) in [6, 6.07) is 3.50. The molecule has 3 nitrogen and oxygen atoms in total. The Morgan fingerprint density at radius 2 is 2.06 bits per heavy atom. The minimum absolute atomic E-state index is 0.0322. The maximum absolute atomic E-state index is 9.59. The number of hydrogen-bond acceptors (Lipinski definition) is 3. The lowest BCUT2D eigenvalue weighted by molar-refractivity contribution is 0.363. The van der Waals surface area contributed by atoms with Gasteiger partial charge < -0.3 is 15.6 Å². The average Bonchev–Trinajstić information content (AvgIpc) is 2.22. The topological polar surface area (TPSA) is 55.5 Å². The Bertz CT molecular complexity index is 378. The number of ether oxygens (including phenoxy) is 1. The van der Waals surface area contributed by atoms with E-state index in [1.807, 2.05) is 6.07 Å². The number of rotatable bonds is 4. The second kappa shape index (κ2) is 5.06. The minimum Gasteiger partial charge on any atom is -0.504 e. The van der Waals surface area contributed by atoms with E-state index in [0.29, 0.717) is 12.3 Å². The first-order valence-electron chi connectivity index (χ1n) is 5.15. The summed E-state index contributed by atoms with van der Waals surface area (Å²) >= 11 is 3.44. The van der Waals surface area contributed by atoms with E-state index in [4.69, 9.17) is 10.5 Å². The third kappa shape index (κ3) is 3.12. The fourth-order valence-corrected chi connectivity index (χ4v) is 1.94. The van der Waals surface area contributed by atoms with E-state index < -0.39 is 0 Å². The normalized spacial score (nSPS) is 11.6. The fraction of sp³-hybridized carbons (Fsp3) is 0.500. The van der Waals surface area contributed by atoms with Crippen LogP contribution in [0.1, 0.15) is 19.4 Å². The van der Waals surface area contributed by atoms with Crippen molar-refractivity contribution in [3.63, 3.8) is 0 Å². The molecule has 0 aromatic heterocycles. The van der Waals surface area contributed by atoms with Crippen LogP contribution in [0.2, 0.25) is 0 Å². The van der Waals surface area contributed by atoms with E-state index >= 15 is 0 Å². The lowest BCUT2D eigenvalue weighted by Crippen LogP contribution is -2.26. The predicted molar refractivity (Wildman–Crippen MR) is 68.9 cm³/mol. The predicted octanol–water partition coefficient (Wildman–Crippen LogP) is 2.69. The number of methoxy groups -OCH3 is 1. The summed E-state index contributed by atoms with van der Waals surface area (Å²) in [7, 11) is 1.54. The lowest BCUT2D eigenvalue weighted by Gasteiger charge is -2.23. The van der Waals surface area contributed by atoms with Gasteiger partial charge >= 0.3 is 0 Å². The van der Waals surface area contributed by atoms with Crippen LogP contribution < -0.4 is 10.5 Å². The van der Waals surface area contributed by atoms with Crippen molar-refractivity contribution in [2.75, 3.05) is 13.7 Å². The Balaban J connectivity index is 3.05. The van der Waals surface area contributed by atoms with Crippen molar-refractivity contribution in [2.24, 2.45) is 11.1 Å². The monoisotopic (exact) mass is 287 g/mol. The van der Waals surface area contributed by atoms with E-state index in [2.05, 4.69) is 29.8 Å². The van der Waals surface area contributed by atoms with E-state index in [0.717, 1.165) is 16.5 Å². The van der Waals surface area contributed by atoms with Crippen molar-refractivity contribution < 1.29 is 9.84 Å². The van der Waals surface area contributed by atoms with Gasteiger partial charge in [0.05, 0.1) is 7.11 Å². The summed E-state index contributed by atoms with van der Waals surface area (Å²) in [5.74, 6) is 0.634. The van der Waals surface area contributed by atoms with Crippen molar-refractivity contribution in [1.29, 1.82) is 0 Å². The number of phenolic OH excluding ortho intramolecular Hbond substituents is 1. The van der Waals surface area contributed by atoms with Crippen LogP contribution in [0.15, 0.2) is 16.6 Å². The molecule has 0 atom stereocenters. The van der Waals surface area contributed by atoms with Crippen LogP contribution >= 0.6 is 15.9 Å². The quantitative estimate of drug-likeness (QED) is 0.895. The van der Waals surface area contributed by atoms with E-state index in [9.17, 15) is 5.11 Å². The van der Waals surface area contributed by atoms with Crippen LogP contribution in [-0.4, -0.2) is 18.8 Å². The number of nitrogens with two attached hydrogens (primary N) is 1. The molecule has 0 radical (unpaired) electrons. The molecule has 0 fully saturated rings. The van der Waals surface area contributed by atoms with E-state index in [1.54, 1.807) is 13.2 Å². The van der Waals surface area contributed by atoms with Gasteiger partial charge in [-0.3, -0.25) is 0 Å².